The summed E-state index contributed by atoms with van der Waals surface area (Å²) < 4.78 is 0. The molecule has 0 aliphatic heterocycles. The third-order valence-corrected chi connectivity index (χ3v) is 3.72. The molecule has 0 N–H and O–H groups in total. The fraction of sp³-hybridized carbons (Fsp3) is 0.667. The van der Waals surface area contributed by atoms with E-state index in [4.69, 9.17) is 5.26 Å². The zero-order chi connectivity index (χ0) is 8.69. The van der Waals surface area contributed by atoms with Crippen LogP contribution in [-0.2, 0) is 0 Å². The van der Waals surface area contributed by atoms with E-state index in [2.05, 4.69) is 18.5 Å². The van der Waals surface area contributed by atoms with Gasteiger partial charge in [-0.1, -0.05) is 0 Å². The van der Waals surface area contributed by atoms with Crippen LogP contribution >= 0.6 is 0 Å². The number of nitrogens with zero attached hydrogens (tertiary/aromatic N) is 1. The van der Waals surface area contributed by atoms with Crippen molar-refractivity contribution in [1.29, 1.82) is 5.26 Å². The Labute approximate surface area is 75.6 Å². The number of unbranched alkanes of at least 4 members (excludes halogenated alkanes) is 1. The Morgan fingerprint density at radius 1 is 1.73 bits per heavy atom. The molecule has 0 radical (unpaired) electrons. The van der Waals surface area contributed by atoms with Gasteiger partial charge in [0.1, 0.15) is 0 Å². The third kappa shape index (κ3) is 5.07. The summed E-state index contributed by atoms with van der Waals surface area (Å²) in [6.07, 6.45) is 3.59. The van der Waals surface area contributed by atoms with E-state index in [1.807, 2.05) is 6.92 Å². The zero-order valence-electron chi connectivity index (χ0n) is 7.26. The van der Waals surface area contributed by atoms with E-state index in [1.54, 1.807) is 0 Å². The molecule has 11 heavy (non-hydrogen) atoms. The molecule has 0 aromatic rings. The van der Waals surface area contributed by atoms with Gasteiger partial charge in [-0.25, -0.2) is 0 Å². The van der Waals surface area contributed by atoms with Gasteiger partial charge in [-0.15, -0.1) is 0 Å². The molecule has 0 fully saturated rings. The summed E-state index contributed by atoms with van der Waals surface area (Å²) in [6, 6.07) is 0. The molecule has 2 heteroatoms. The second kappa shape index (κ2) is 6.46. The summed E-state index contributed by atoms with van der Waals surface area (Å²) >= 11 is 0.112. The van der Waals surface area contributed by atoms with Crippen molar-refractivity contribution in [2.24, 2.45) is 0 Å². The standard InChI is InChI=1S/C9H15NSe/c1-4-5-6-9(8(2)3)11-7-10/h9H,2,4-6H2,1,3H3. The molecule has 0 spiro atoms. The molecule has 0 rings (SSSR count). The molecule has 0 saturated carbocycles. The average molecular weight is 216 g/mol. The Morgan fingerprint density at radius 2 is 2.36 bits per heavy atom. The van der Waals surface area contributed by atoms with Crippen LogP contribution in [0.25, 0.3) is 0 Å². The van der Waals surface area contributed by atoms with Gasteiger partial charge in [0.05, 0.1) is 0 Å². The van der Waals surface area contributed by atoms with Gasteiger partial charge in [0.15, 0.2) is 0 Å². The first kappa shape index (κ1) is 10.7. The van der Waals surface area contributed by atoms with Gasteiger partial charge in [-0.2, -0.15) is 0 Å². The first-order chi connectivity index (χ1) is 5.22. The van der Waals surface area contributed by atoms with Crippen LogP contribution in [0.3, 0.4) is 0 Å². The predicted molar refractivity (Wildman–Crippen MR) is 49.5 cm³/mol. The number of rotatable bonds is 5. The van der Waals surface area contributed by atoms with Gasteiger partial charge >= 0.3 is 75.3 Å². The van der Waals surface area contributed by atoms with Crippen LogP contribution in [0.4, 0.5) is 0 Å². The molecule has 0 bridgehead atoms. The van der Waals surface area contributed by atoms with Gasteiger partial charge in [0, 0.05) is 0 Å². The Hall–Kier alpha value is -0.251. The summed E-state index contributed by atoms with van der Waals surface area (Å²) in [5.74, 6) is 0. The van der Waals surface area contributed by atoms with E-state index in [-0.39, 0.29) is 15.0 Å². The van der Waals surface area contributed by atoms with Gasteiger partial charge in [-0.05, 0) is 0 Å². The van der Waals surface area contributed by atoms with E-state index in [0.29, 0.717) is 4.82 Å². The van der Waals surface area contributed by atoms with Crippen LogP contribution in [-0.4, -0.2) is 15.0 Å². The third-order valence-electron chi connectivity index (χ3n) is 1.56. The summed E-state index contributed by atoms with van der Waals surface area (Å²) in [5, 5.41) is 8.52. The van der Waals surface area contributed by atoms with E-state index >= 15 is 0 Å². The van der Waals surface area contributed by atoms with Gasteiger partial charge in [-0.3, -0.25) is 0 Å². The van der Waals surface area contributed by atoms with Gasteiger partial charge in [0.2, 0.25) is 0 Å². The maximum absolute atomic E-state index is 8.52. The molecule has 0 amide bonds. The van der Waals surface area contributed by atoms with E-state index in [9.17, 15) is 0 Å². The molecule has 1 unspecified atom stereocenters. The van der Waals surface area contributed by atoms with Crippen molar-refractivity contribution in [3.05, 3.63) is 12.2 Å². The maximum atomic E-state index is 8.52. The van der Waals surface area contributed by atoms with Crippen molar-refractivity contribution < 1.29 is 0 Å². The van der Waals surface area contributed by atoms with Crippen molar-refractivity contribution in [2.75, 3.05) is 0 Å². The number of hydrogen-bond donors (Lipinski definition) is 0. The molecular formula is C9H15NSe. The van der Waals surface area contributed by atoms with Crippen molar-refractivity contribution in [2.45, 2.75) is 37.9 Å². The quantitative estimate of drug-likeness (QED) is 0.512. The first-order valence-electron chi connectivity index (χ1n) is 3.92. The van der Waals surface area contributed by atoms with Crippen LogP contribution in [0.2, 0.25) is 4.82 Å². The molecular weight excluding hydrogens is 201 g/mol. The Morgan fingerprint density at radius 3 is 2.73 bits per heavy atom. The van der Waals surface area contributed by atoms with Crippen LogP contribution < -0.4 is 0 Å². The fourth-order valence-corrected chi connectivity index (χ4v) is 2.15. The summed E-state index contributed by atoms with van der Waals surface area (Å²) in [4.78, 5) is 2.75. The number of allylic oxidation sites excluding steroid dienone is 1. The molecule has 0 aromatic heterocycles. The molecule has 62 valence electrons. The molecule has 0 aliphatic carbocycles. The van der Waals surface area contributed by atoms with E-state index in [0.717, 1.165) is 6.42 Å². The molecule has 0 aromatic carbocycles. The second-order valence-electron chi connectivity index (χ2n) is 2.69. The molecule has 0 saturated heterocycles. The van der Waals surface area contributed by atoms with Crippen LogP contribution in [0.15, 0.2) is 12.2 Å². The summed E-state index contributed by atoms with van der Waals surface area (Å²) in [5.41, 5.74) is 1.18. The average Bonchev–Trinajstić information content (AvgIpc) is 1.97. The number of nitriles is 1. The Balaban J connectivity index is 3.72. The van der Waals surface area contributed by atoms with Crippen molar-refractivity contribution >= 4 is 15.0 Å². The normalized spacial score (nSPS) is 12.1. The molecule has 1 nitrogen and oxygen atoms in total. The minimum absolute atomic E-state index is 0.112. The monoisotopic (exact) mass is 217 g/mol. The van der Waals surface area contributed by atoms with Gasteiger partial charge in [0.25, 0.3) is 0 Å². The molecule has 1 atom stereocenters. The van der Waals surface area contributed by atoms with Crippen molar-refractivity contribution in [3.8, 4) is 4.97 Å². The SMILES string of the molecule is C=C(C)C(CCCC)[Se]C#N. The van der Waals surface area contributed by atoms with Crippen LogP contribution in [0.5, 0.6) is 0 Å². The molecule has 0 aliphatic rings. The summed E-state index contributed by atoms with van der Waals surface area (Å²) in [6.45, 7) is 8.09. The van der Waals surface area contributed by atoms with Crippen LogP contribution in [0.1, 0.15) is 33.1 Å². The fourth-order valence-electron chi connectivity index (χ4n) is 0.859. The predicted octanol–water partition coefficient (Wildman–Crippen LogP) is 2.73. The zero-order valence-corrected chi connectivity index (χ0v) is 8.97. The second-order valence-corrected chi connectivity index (χ2v) is 4.76. The van der Waals surface area contributed by atoms with Crippen LogP contribution in [0, 0.1) is 10.2 Å². The topological polar surface area (TPSA) is 23.8 Å². The van der Waals surface area contributed by atoms with Crippen molar-refractivity contribution in [1.82, 2.24) is 0 Å². The van der Waals surface area contributed by atoms with Gasteiger partial charge < -0.3 is 0 Å². The summed E-state index contributed by atoms with van der Waals surface area (Å²) in [7, 11) is 0. The Bertz CT molecular complexity index is 157. The van der Waals surface area contributed by atoms with Crippen molar-refractivity contribution in [3.63, 3.8) is 0 Å². The van der Waals surface area contributed by atoms with E-state index in [1.165, 1.54) is 18.4 Å². The molecule has 0 heterocycles. The number of hydrogen-bond acceptors (Lipinski definition) is 1. The Kier molecular flexibility index (Phi) is 6.31. The minimum atomic E-state index is 0.112. The first-order valence-corrected chi connectivity index (χ1v) is 5.77. The van der Waals surface area contributed by atoms with E-state index < -0.39 is 0 Å².